The van der Waals surface area contributed by atoms with Crippen LogP contribution in [0.1, 0.15) is 20.3 Å². The van der Waals surface area contributed by atoms with E-state index in [0.717, 1.165) is 25.5 Å². The Kier molecular flexibility index (Phi) is 8.87. The third kappa shape index (κ3) is 5.70. The zero-order chi connectivity index (χ0) is 12.7. The topological polar surface area (TPSA) is 73.8 Å². The number of aliphatic imine (C=N–C) groups is 1. The van der Waals surface area contributed by atoms with Gasteiger partial charge in [0.1, 0.15) is 0 Å². The van der Waals surface area contributed by atoms with Crippen molar-refractivity contribution in [3.63, 3.8) is 0 Å². The number of hydrogen-bond donors (Lipinski definition) is 2. The van der Waals surface area contributed by atoms with Gasteiger partial charge in [-0.15, -0.1) is 24.0 Å². The van der Waals surface area contributed by atoms with Gasteiger partial charge in [-0.2, -0.15) is 0 Å². The number of guanidine groups is 1. The highest BCUT2D eigenvalue weighted by Crippen LogP contribution is 2.11. The summed E-state index contributed by atoms with van der Waals surface area (Å²) in [4.78, 5) is 4.32. The molecule has 1 aliphatic rings. The van der Waals surface area contributed by atoms with Crippen LogP contribution in [0, 0.1) is 0 Å². The van der Waals surface area contributed by atoms with Crippen LogP contribution in [0.5, 0.6) is 0 Å². The van der Waals surface area contributed by atoms with Crippen molar-refractivity contribution >= 4 is 40.0 Å². The molecule has 1 saturated heterocycles. The van der Waals surface area contributed by atoms with Gasteiger partial charge >= 0.3 is 0 Å². The van der Waals surface area contributed by atoms with Crippen molar-refractivity contribution in [3.8, 4) is 0 Å². The Hall–Kier alpha value is -0.0900. The maximum atomic E-state index is 11.5. The van der Waals surface area contributed by atoms with E-state index in [0.29, 0.717) is 19.6 Å². The van der Waals surface area contributed by atoms with E-state index in [9.17, 15) is 8.42 Å². The van der Waals surface area contributed by atoms with Gasteiger partial charge in [-0.05, 0) is 20.3 Å². The second kappa shape index (κ2) is 8.92. The number of sulfonamides is 1. The predicted molar refractivity (Wildman–Crippen MR) is 85.0 cm³/mol. The first-order chi connectivity index (χ1) is 8.10. The quantitative estimate of drug-likeness (QED) is 0.400. The van der Waals surface area contributed by atoms with Crippen molar-refractivity contribution in [1.29, 1.82) is 0 Å². The predicted octanol–water partition coefficient (Wildman–Crippen LogP) is 0.215. The minimum absolute atomic E-state index is 0. The second-order valence-corrected chi connectivity index (χ2v) is 5.95. The number of nitrogens with zero attached hydrogens (tertiary/aromatic N) is 2. The molecule has 0 unspecified atom stereocenters. The summed E-state index contributed by atoms with van der Waals surface area (Å²) < 4.78 is 24.6. The lowest BCUT2D eigenvalue weighted by Gasteiger charge is -2.13. The summed E-state index contributed by atoms with van der Waals surface area (Å²) in [6, 6.07) is 0. The third-order valence-corrected chi connectivity index (χ3v) is 4.47. The molecule has 0 spiro atoms. The Balaban J connectivity index is 0.00000289. The Morgan fingerprint density at radius 2 is 1.89 bits per heavy atom. The Labute approximate surface area is 127 Å². The van der Waals surface area contributed by atoms with Gasteiger partial charge in [0.2, 0.25) is 10.0 Å². The van der Waals surface area contributed by atoms with E-state index in [1.807, 2.05) is 13.8 Å². The van der Waals surface area contributed by atoms with Crippen molar-refractivity contribution < 1.29 is 8.42 Å². The van der Waals surface area contributed by atoms with Crippen LogP contribution < -0.4 is 10.6 Å². The van der Waals surface area contributed by atoms with Crippen LogP contribution in [-0.2, 0) is 10.0 Å². The van der Waals surface area contributed by atoms with Gasteiger partial charge in [0.15, 0.2) is 5.96 Å². The molecule has 18 heavy (non-hydrogen) atoms. The van der Waals surface area contributed by atoms with Gasteiger partial charge in [-0.1, -0.05) is 0 Å². The van der Waals surface area contributed by atoms with Crippen LogP contribution in [0.25, 0.3) is 0 Å². The van der Waals surface area contributed by atoms with Crippen molar-refractivity contribution in [3.05, 3.63) is 0 Å². The first kappa shape index (κ1) is 17.9. The van der Waals surface area contributed by atoms with Crippen LogP contribution >= 0.6 is 24.0 Å². The minimum atomic E-state index is -2.99. The van der Waals surface area contributed by atoms with Crippen LogP contribution in [-0.4, -0.2) is 57.2 Å². The van der Waals surface area contributed by atoms with Gasteiger partial charge < -0.3 is 10.6 Å². The Bertz CT molecular complexity index is 351. The standard InChI is InChI=1S/C10H22N4O2S.HI/c1-3-11-10(12-4-2)13-6-8-14-7-5-9-17(14,15)16;/h3-9H2,1-2H3,(H2,11,12,13);1H. The lowest BCUT2D eigenvalue weighted by molar-refractivity contribution is 0.452. The van der Waals surface area contributed by atoms with E-state index in [1.165, 1.54) is 4.31 Å². The van der Waals surface area contributed by atoms with E-state index in [1.54, 1.807) is 0 Å². The van der Waals surface area contributed by atoms with Crippen LogP contribution in [0.15, 0.2) is 4.99 Å². The van der Waals surface area contributed by atoms with Gasteiger partial charge in [0, 0.05) is 26.2 Å². The summed E-state index contributed by atoms with van der Waals surface area (Å²) >= 11 is 0. The fourth-order valence-electron chi connectivity index (χ4n) is 1.72. The van der Waals surface area contributed by atoms with Gasteiger partial charge in [0.05, 0.1) is 12.3 Å². The molecule has 2 N–H and O–H groups in total. The molecule has 0 bridgehead atoms. The maximum absolute atomic E-state index is 11.5. The van der Waals surface area contributed by atoms with E-state index in [-0.39, 0.29) is 29.7 Å². The summed E-state index contributed by atoms with van der Waals surface area (Å²) in [5.74, 6) is 1.02. The first-order valence-corrected chi connectivity index (χ1v) is 7.71. The highest BCUT2D eigenvalue weighted by Gasteiger charge is 2.27. The number of rotatable bonds is 5. The average molecular weight is 390 g/mol. The summed E-state index contributed by atoms with van der Waals surface area (Å²) in [5.41, 5.74) is 0. The molecule has 8 heteroatoms. The molecule has 108 valence electrons. The van der Waals surface area contributed by atoms with Crippen molar-refractivity contribution in [2.24, 2.45) is 4.99 Å². The monoisotopic (exact) mass is 390 g/mol. The van der Waals surface area contributed by atoms with E-state index in [4.69, 9.17) is 0 Å². The molecule has 6 nitrogen and oxygen atoms in total. The third-order valence-electron chi connectivity index (χ3n) is 2.51. The molecule has 1 rings (SSSR count). The largest absolute Gasteiger partial charge is 0.357 e. The summed E-state index contributed by atoms with van der Waals surface area (Å²) in [6.45, 7) is 7.20. The zero-order valence-electron chi connectivity index (χ0n) is 11.0. The molecule has 0 radical (unpaired) electrons. The molecule has 0 atom stereocenters. The second-order valence-electron chi connectivity index (χ2n) is 3.86. The summed E-state index contributed by atoms with van der Waals surface area (Å²) in [6.07, 6.45) is 0.735. The molecule has 0 aliphatic carbocycles. The normalized spacial score (nSPS) is 17.9. The first-order valence-electron chi connectivity index (χ1n) is 6.10. The number of hydrogen-bond acceptors (Lipinski definition) is 3. The summed E-state index contributed by atoms with van der Waals surface area (Å²) in [5, 5.41) is 6.20. The Morgan fingerprint density at radius 1 is 1.28 bits per heavy atom. The fourth-order valence-corrected chi connectivity index (χ4v) is 3.24. The van der Waals surface area contributed by atoms with Crippen LogP contribution in [0.2, 0.25) is 0 Å². The number of nitrogens with one attached hydrogen (secondary N) is 2. The van der Waals surface area contributed by atoms with Gasteiger partial charge in [0.25, 0.3) is 0 Å². The molecule has 0 aromatic heterocycles. The smallest absolute Gasteiger partial charge is 0.214 e. The van der Waals surface area contributed by atoms with Crippen molar-refractivity contribution in [1.82, 2.24) is 14.9 Å². The fraction of sp³-hybridized carbons (Fsp3) is 0.900. The van der Waals surface area contributed by atoms with E-state index >= 15 is 0 Å². The molecule has 0 saturated carbocycles. The molecule has 1 aliphatic heterocycles. The number of halogens is 1. The molecule has 1 heterocycles. The molecular weight excluding hydrogens is 367 g/mol. The lowest BCUT2D eigenvalue weighted by Crippen LogP contribution is -2.38. The van der Waals surface area contributed by atoms with Crippen molar-refractivity contribution in [2.75, 3.05) is 38.5 Å². The molecule has 0 aromatic rings. The highest BCUT2D eigenvalue weighted by molar-refractivity contribution is 14.0. The van der Waals surface area contributed by atoms with Crippen molar-refractivity contribution in [2.45, 2.75) is 20.3 Å². The SMILES string of the molecule is CCNC(=NCCN1CCCS1(=O)=O)NCC.I. The van der Waals surface area contributed by atoms with E-state index < -0.39 is 10.0 Å². The maximum Gasteiger partial charge on any atom is 0.214 e. The highest BCUT2D eigenvalue weighted by atomic mass is 127. The van der Waals surface area contributed by atoms with E-state index in [2.05, 4.69) is 15.6 Å². The lowest BCUT2D eigenvalue weighted by atomic mass is 10.5. The molecular formula is C10H23IN4O2S. The van der Waals surface area contributed by atoms with Crippen LogP contribution in [0.4, 0.5) is 0 Å². The molecule has 0 aromatic carbocycles. The Morgan fingerprint density at radius 3 is 2.33 bits per heavy atom. The van der Waals surface area contributed by atoms with Gasteiger partial charge in [-0.25, -0.2) is 12.7 Å². The minimum Gasteiger partial charge on any atom is -0.357 e. The molecule has 0 amide bonds. The van der Waals surface area contributed by atoms with Gasteiger partial charge in [-0.3, -0.25) is 4.99 Å². The average Bonchev–Trinajstić information content (AvgIpc) is 2.59. The van der Waals surface area contributed by atoms with Crippen LogP contribution in [0.3, 0.4) is 0 Å². The zero-order valence-corrected chi connectivity index (χ0v) is 14.1. The summed E-state index contributed by atoms with van der Waals surface area (Å²) in [7, 11) is -2.99. The molecule has 1 fully saturated rings.